The summed E-state index contributed by atoms with van der Waals surface area (Å²) in [5.74, 6) is 1.65. The zero-order valence-electron chi connectivity index (χ0n) is 16.1. The van der Waals surface area contributed by atoms with Crippen LogP contribution in [-0.2, 0) is 20.1 Å². The molecule has 3 aromatic rings. The number of methoxy groups -OCH3 is 1. The van der Waals surface area contributed by atoms with Crippen molar-refractivity contribution >= 4 is 5.82 Å². The van der Waals surface area contributed by atoms with Crippen molar-refractivity contribution < 1.29 is 4.74 Å². The lowest BCUT2D eigenvalue weighted by molar-refractivity contribution is 0.414. The number of aromatic nitrogens is 4. The summed E-state index contributed by atoms with van der Waals surface area (Å²) in [7, 11) is 5.33. The van der Waals surface area contributed by atoms with Crippen molar-refractivity contribution in [2.75, 3.05) is 19.5 Å². The fourth-order valence-corrected chi connectivity index (χ4v) is 2.52. The molecule has 3 rings (SSSR count). The normalized spacial score (nSPS) is 10.9. The second-order valence-corrected chi connectivity index (χ2v) is 5.68. The van der Waals surface area contributed by atoms with Crippen LogP contribution >= 0.6 is 0 Å². The van der Waals surface area contributed by atoms with Gasteiger partial charge in [-0.2, -0.15) is 10.2 Å². The van der Waals surface area contributed by atoms with E-state index in [4.69, 9.17) is 4.74 Å². The van der Waals surface area contributed by atoms with Gasteiger partial charge in [-0.1, -0.05) is 12.1 Å². The minimum absolute atomic E-state index is 0.624. The number of nitrogens with one attached hydrogen (secondary N) is 1. The molecule has 142 valence electrons. The monoisotopic (exact) mass is 366 g/mol. The van der Waals surface area contributed by atoms with Crippen LogP contribution in [0, 0.1) is 0 Å². The number of hydrogen-bond donors (Lipinski definition) is 1. The minimum atomic E-state index is 0.624. The maximum Gasteiger partial charge on any atom is 0.146 e. The van der Waals surface area contributed by atoms with E-state index < -0.39 is 0 Å². The van der Waals surface area contributed by atoms with Crippen LogP contribution in [0.15, 0.2) is 66.9 Å². The summed E-state index contributed by atoms with van der Waals surface area (Å²) in [6.45, 7) is 7.31. The molecule has 2 heterocycles. The standard InChI is InChI=1S/C18H22N6O.C2H4/c1-19-18-9-8-17(20-10-14-4-6-16(25-3)7-5-14)22-24(18)13-15-11-21-23(2)12-15;1-2/h4-9,11-12H,10,13H2,1-3H3,(H,20,22);1-2H2. The van der Waals surface area contributed by atoms with Crippen molar-refractivity contribution in [1.82, 2.24) is 19.6 Å². The van der Waals surface area contributed by atoms with Crippen LogP contribution < -0.4 is 15.5 Å². The van der Waals surface area contributed by atoms with Crippen molar-refractivity contribution in [1.29, 1.82) is 0 Å². The summed E-state index contributed by atoms with van der Waals surface area (Å²) < 4.78 is 8.83. The second-order valence-electron chi connectivity index (χ2n) is 5.68. The molecular weight excluding hydrogens is 340 g/mol. The van der Waals surface area contributed by atoms with Gasteiger partial charge in [-0.15, -0.1) is 13.2 Å². The third-order valence-corrected chi connectivity index (χ3v) is 3.84. The predicted octanol–water partition coefficient (Wildman–Crippen LogP) is 2.62. The molecule has 0 saturated carbocycles. The highest BCUT2D eigenvalue weighted by atomic mass is 16.5. The molecular formula is C20H26N6O. The molecule has 1 aromatic carbocycles. The van der Waals surface area contributed by atoms with E-state index in [1.165, 1.54) is 0 Å². The maximum atomic E-state index is 5.18. The van der Waals surface area contributed by atoms with Gasteiger partial charge in [-0.3, -0.25) is 9.67 Å². The molecule has 0 bridgehead atoms. The lowest BCUT2D eigenvalue weighted by Crippen LogP contribution is -2.24. The first-order chi connectivity index (χ1) is 13.2. The summed E-state index contributed by atoms with van der Waals surface area (Å²) in [6.07, 6.45) is 3.82. The van der Waals surface area contributed by atoms with Gasteiger partial charge < -0.3 is 10.1 Å². The van der Waals surface area contributed by atoms with Crippen LogP contribution in [0.2, 0.25) is 0 Å². The average molecular weight is 366 g/mol. The van der Waals surface area contributed by atoms with E-state index in [1.54, 1.807) is 18.8 Å². The van der Waals surface area contributed by atoms with E-state index in [2.05, 4.69) is 33.7 Å². The first kappa shape index (κ1) is 20.0. The summed E-state index contributed by atoms with van der Waals surface area (Å²) in [4.78, 5) is 4.28. The molecule has 0 aliphatic heterocycles. The maximum absolute atomic E-state index is 5.18. The Kier molecular flexibility index (Phi) is 7.37. The number of benzene rings is 1. The Morgan fingerprint density at radius 3 is 2.44 bits per heavy atom. The minimum Gasteiger partial charge on any atom is -0.497 e. The number of aryl methyl sites for hydroxylation is 1. The summed E-state index contributed by atoms with van der Waals surface area (Å²) >= 11 is 0. The Hall–Kier alpha value is -3.35. The Morgan fingerprint density at radius 2 is 1.85 bits per heavy atom. The Labute approximate surface area is 159 Å². The SMILES string of the molecule is C=C.CN=c1ccc(NCc2ccc(OC)cc2)nn1Cc1cnn(C)c1. The van der Waals surface area contributed by atoms with Gasteiger partial charge >= 0.3 is 0 Å². The molecule has 0 aliphatic carbocycles. The van der Waals surface area contributed by atoms with Gasteiger partial charge in [0.25, 0.3) is 0 Å². The summed E-state index contributed by atoms with van der Waals surface area (Å²) in [6, 6.07) is 11.9. The highest BCUT2D eigenvalue weighted by Crippen LogP contribution is 2.12. The predicted molar refractivity (Wildman–Crippen MR) is 108 cm³/mol. The van der Waals surface area contributed by atoms with E-state index >= 15 is 0 Å². The quantitative estimate of drug-likeness (QED) is 0.681. The van der Waals surface area contributed by atoms with Gasteiger partial charge in [-0.25, -0.2) is 4.68 Å². The molecule has 0 radical (unpaired) electrons. The average Bonchev–Trinajstić information content (AvgIpc) is 3.13. The molecule has 0 aliphatic rings. The molecule has 1 N–H and O–H groups in total. The van der Waals surface area contributed by atoms with Crippen LogP contribution in [0.5, 0.6) is 5.75 Å². The van der Waals surface area contributed by atoms with Crippen LogP contribution in [0.4, 0.5) is 5.82 Å². The van der Waals surface area contributed by atoms with E-state index in [1.807, 2.05) is 60.5 Å². The lowest BCUT2D eigenvalue weighted by atomic mass is 10.2. The molecule has 27 heavy (non-hydrogen) atoms. The molecule has 2 aromatic heterocycles. The van der Waals surface area contributed by atoms with Gasteiger partial charge in [0.2, 0.25) is 0 Å². The zero-order valence-corrected chi connectivity index (χ0v) is 16.1. The van der Waals surface area contributed by atoms with Gasteiger partial charge in [0.05, 0.1) is 19.9 Å². The summed E-state index contributed by atoms with van der Waals surface area (Å²) in [5, 5.41) is 12.2. The van der Waals surface area contributed by atoms with Crippen molar-refractivity contribution in [3.05, 3.63) is 78.6 Å². The Morgan fingerprint density at radius 1 is 1.11 bits per heavy atom. The Balaban J connectivity index is 0.00000126. The van der Waals surface area contributed by atoms with E-state index in [9.17, 15) is 0 Å². The van der Waals surface area contributed by atoms with Gasteiger partial charge in [0.15, 0.2) is 0 Å². The number of anilines is 1. The second kappa shape index (κ2) is 9.96. The smallest absolute Gasteiger partial charge is 0.146 e. The van der Waals surface area contributed by atoms with Crippen molar-refractivity contribution in [2.45, 2.75) is 13.1 Å². The third kappa shape index (κ3) is 5.57. The number of rotatable bonds is 6. The van der Waals surface area contributed by atoms with Gasteiger partial charge in [-0.05, 0) is 29.8 Å². The molecule has 0 saturated heterocycles. The van der Waals surface area contributed by atoms with Crippen molar-refractivity contribution in [2.24, 2.45) is 12.0 Å². The number of hydrogen-bond acceptors (Lipinski definition) is 5. The van der Waals surface area contributed by atoms with Gasteiger partial charge in [0, 0.05) is 32.4 Å². The van der Waals surface area contributed by atoms with E-state index in [-0.39, 0.29) is 0 Å². The first-order valence-electron chi connectivity index (χ1n) is 8.53. The van der Waals surface area contributed by atoms with Crippen LogP contribution in [0.1, 0.15) is 11.1 Å². The molecule has 0 amide bonds. The van der Waals surface area contributed by atoms with Gasteiger partial charge in [0.1, 0.15) is 17.1 Å². The largest absolute Gasteiger partial charge is 0.497 e. The lowest BCUT2D eigenvalue weighted by Gasteiger charge is -2.10. The fourth-order valence-electron chi connectivity index (χ4n) is 2.52. The van der Waals surface area contributed by atoms with E-state index in [0.717, 1.165) is 28.2 Å². The topological polar surface area (TPSA) is 69.3 Å². The first-order valence-corrected chi connectivity index (χ1v) is 8.53. The van der Waals surface area contributed by atoms with Crippen LogP contribution in [0.3, 0.4) is 0 Å². The van der Waals surface area contributed by atoms with E-state index in [0.29, 0.717) is 13.1 Å². The van der Waals surface area contributed by atoms with Crippen molar-refractivity contribution in [3.63, 3.8) is 0 Å². The van der Waals surface area contributed by atoms with Crippen molar-refractivity contribution in [3.8, 4) is 5.75 Å². The highest BCUT2D eigenvalue weighted by molar-refractivity contribution is 5.35. The molecule has 7 heteroatoms. The summed E-state index contributed by atoms with van der Waals surface area (Å²) in [5.41, 5.74) is 3.06. The molecule has 7 nitrogen and oxygen atoms in total. The number of ether oxygens (including phenoxy) is 1. The fraction of sp³-hybridized carbons (Fsp3) is 0.250. The number of nitrogens with zero attached hydrogens (tertiary/aromatic N) is 5. The molecule has 0 atom stereocenters. The van der Waals surface area contributed by atoms with Crippen LogP contribution in [-0.4, -0.2) is 33.7 Å². The third-order valence-electron chi connectivity index (χ3n) is 3.84. The Bertz CT molecular complexity index is 911. The molecule has 0 fully saturated rings. The zero-order chi connectivity index (χ0) is 19.6. The highest BCUT2D eigenvalue weighted by Gasteiger charge is 2.03. The molecule has 0 spiro atoms. The molecule has 0 unspecified atom stereocenters. The van der Waals surface area contributed by atoms with Crippen LogP contribution in [0.25, 0.3) is 0 Å².